The Morgan fingerprint density at radius 1 is 1.17 bits per heavy atom. The fourth-order valence-electron chi connectivity index (χ4n) is 5.41. The van der Waals surface area contributed by atoms with Crippen molar-refractivity contribution in [1.82, 2.24) is 19.5 Å². The van der Waals surface area contributed by atoms with E-state index in [1.54, 1.807) is 12.1 Å². The van der Waals surface area contributed by atoms with Crippen LogP contribution >= 0.6 is 9.24 Å². The molecule has 1 aliphatic heterocycles. The highest BCUT2D eigenvalue weighted by Crippen LogP contribution is 2.33. The van der Waals surface area contributed by atoms with E-state index in [0.29, 0.717) is 23.6 Å². The fourth-order valence-corrected chi connectivity index (χ4v) is 5.85. The van der Waals surface area contributed by atoms with Crippen molar-refractivity contribution in [2.45, 2.75) is 58.3 Å². The molecule has 212 valence electrons. The van der Waals surface area contributed by atoms with Crippen molar-refractivity contribution in [2.24, 2.45) is 5.92 Å². The van der Waals surface area contributed by atoms with Gasteiger partial charge in [-0.15, -0.1) is 9.24 Å². The van der Waals surface area contributed by atoms with Crippen LogP contribution in [0.15, 0.2) is 48.5 Å². The van der Waals surface area contributed by atoms with E-state index in [9.17, 15) is 14.3 Å². The summed E-state index contributed by atoms with van der Waals surface area (Å²) in [6, 6.07) is 12.4. The smallest absolute Gasteiger partial charge is 0.354 e. The Morgan fingerprint density at radius 2 is 2.02 bits per heavy atom. The predicted molar refractivity (Wildman–Crippen MR) is 157 cm³/mol. The predicted octanol–water partition coefficient (Wildman–Crippen LogP) is 5.27. The molecular formula is C31H32FN4O4P. The zero-order chi connectivity index (χ0) is 28.5. The summed E-state index contributed by atoms with van der Waals surface area (Å²) in [5.74, 6) is -0.273. The number of carbonyl (C=O) groups is 1. The highest BCUT2D eigenvalue weighted by atomic mass is 31.0. The van der Waals surface area contributed by atoms with Crippen molar-refractivity contribution < 1.29 is 23.8 Å². The number of ether oxygens (including phenoxy) is 2. The molecule has 2 aliphatic rings. The first-order chi connectivity index (χ1) is 19.8. The standard InChI is InChI=1S/C31H32FN4O4P/c1-18-2-5-21(27(41)14-18)17-40-30-23(32)8-9-24(35-30)20-6-3-19(4-7-20)15-28-33-25-10-11-26(31(37)38)34-29(25)36(28)16-22-12-13-39-22/h2,5-6,8-11,14,19,22H,3-4,7,12-13,15-17,41H2,1H3,(H,37,38). The van der Waals surface area contributed by atoms with Crippen LogP contribution in [0.3, 0.4) is 0 Å². The molecule has 4 heterocycles. The Labute approximate surface area is 239 Å². The third-order valence-electron chi connectivity index (χ3n) is 7.87. The van der Waals surface area contributed by atoms with Crippen molar-refractivity contribution in [3.63, 3.8) is 0 Å². The number of carboxylic acids is 1. The normalized spacial score (nSPS) is 18.7. The van der Waals surface area contributed by atoms with E-state index in [4.69, 9.17) is 14.5 Å². The topological polar surface area (TPSA) is 99.4 Å². The lowest BCUT2D eigenvalue weighted by Gasteiger charge is -2.28. The molecule has 0 spiro atoms. The minimum atomic E-state index is -1.06. The van der Waals surface area contributed by atoms with E-state index in [1.165, 1.54) is 12.1 Å². The molecule has 8 nitrogen and oxygen atoms in total. The van der Waals surface area contributed by atoms with Crippen LogP contribution in [-0.4, -0.2) is 43.3 Å². The van der Waals surface area contributed by atoms with Crippen LogP contribution in [0.5, 0.6) is 5.88 Å². The number of nitrogens with zero attached hydrogens (tertiary/aromatic N) is 4. The maximum absolute atomic E-state index is 14.6. The number of halogens is 1. The van der Waals surface area contributed by atoms with Crippen molar-refractivity contribution >= 4 is 37.3 Å². The Kier molecular flexibility index (Phi) is 7.82. The van der Waals surface area contributed by atoms with Crippen molar-refractivity contribution in [1.29, 1.82) is 0 Å². The lowest BCUT2D eigenvalue weighted by molar-refractivity contribution is -0.0591. The summed E-state index contributed by atoms with van der Waals surface area (Å²) in [7, 11) is 2.70. The molecule has 1 fully saturated rings. The number of carboxylic acid groups (broad SMARTS) is 1. The second kappa shape index (κ2) is 11.7. The third kappa shape index (κ3) is 6.02. The fraction of sp³-hybridized carbons (Fsp3) is 0.355. The molecule has 41 heavy (non-hydrogen) atoms. The number of imidazole rings is 1. The zero-order valence-electron chi connectivity index (χ0n) is 22.8. The van der Waals surface area contributed by atoms with Crippen molar-refractivity contribution in [2.75, 3.05) is 6.61 Å². The first-order valence-electron chi connectivity index (χ1n) is 13.9. The summed E-state index contributed by atoms with van der Waals surface area (Å²) < 4.78 is 28.0. The van der Waals surface area contributed by atoms with Gasteiger partial charge < -0.3 is 19.1 Å². The van der Waals surface area contributed by atoms with Crippen LogP contribution in [0.1, 0.15) is 58.8 Å². The van der Waals surface area contributed by atoms with E-state index >= 15 is 0 Å². The molecule has 0 radical (unpaired) electrons. The number of hydrogen-bond donors (Lipinski definition) is 1. The quantitative estimate of drug-likeness (QED) is 0.272. The number of aromatic nitrogens is 4. The van der Waals surface area contributed by atoms with Gasteiger partial charge in [0.05, 0.1) is 18.3 Å². The van der Waals surface area contributed by atoms with E-state index in [-0.39, 0.29) is 24.3 Å². The number of fused-ring (bicyclic) bond motifs is 1. The number of aryl methyl sites for hydroxylation is 1. The Balaban J connectivity index is 1.17. The van der Waals surface area contributed by atoms with E-state index in [2.05, 4.69) is 25.3 Å². The second-order valence-electron chi connectivity index (χ2n) is 10.8. The number of pyridine rings is 2. The summed E-state index contributed by atoms with van der Waals surface area (Å²) in [5.41, 5.74) is 5.22. The van der Waals surface area contributed by atoms with E-state index in [1.807, 2.05) is 29.7 Å². The molecule has 3 atom stereocenters. The maximum Gasteiger partial charge on any atom is 0.354 e. The van der Waals surface area contributed by atoms with Crippen LogP contribution in [-0.2, 0) is 24.3 Å². The number of benzene rings is 1. The number of allylic oxidation sites excluding steroid dienone is 2. The number of aromatic carboxylic acids is 1. The molecular weight excluding hydrogens is 542 g/mol. The van der Waals surface area contributed by atoms with Crippen LogP contribution in [0.4, 0.5) is 4.39 Å². The second-order valence-corrected chi connectivity index (χ2v) is 11.4. The summed E-state index contributed by atoms with van der Waals surface area (Å²) in [6.07, 6.45) is 6.56. The monoisotopic (exact) mass is 574 g/mol. The maximum atomic E-state index is 14.6. The summed E-state index contributed by atoms with van der Waals surface area (Å²) in [4.78, 5) is 25.3. The lowest BCUT2D eigenvalue weighted by atomic mass is 9.86. The molecule has 1 N–H and O–H groups in total. The highest BCUT2D eigenvalue weighted by molar-refractivity contribution is 7.27. The van der Waals surface area contributed by atoms with Gasteiger partial charge >= 0.3 is 5.97 Å². The molecule has 1 saturated heterocycles. The van der Waals surface area contributed by atoms with Crippen LogP contribution in [0.25, 0.3) is 16.7 Å². The van der Waals surface area contributed by atoms with Crippen molar-refractivity contribution in [3.8, 4) is 5.88 Å². The Morgan fingerprint density at radius 3 is 2.73 bits per heavy atom. The molecule has 0 amide bonds. The van der Waals surface area contributed by atoms with Gasteiger partial charge in [0.2, 0.25) is 0 Å². The zero-order valence-corrected chi connectivity index (χ0v) is 24.0. The SMILES string of the molecule is Cc1ccc(COc2nc(C3=CCC(Cc4nc5ccc(C(=O)O)nc5n4CC4CCO4)CC3)ccc2F)c(P)c1. The van der Waals surface area contributed by atoms with Gasteiger partial charge in [0.15, 0.2) is 17.2 Å². The van der Waals surface area contributed by atoms with Gasteiger partial charge in [-0.05, 0) is 79.2 Å². The van der Waals surface area contributed by atoms with Crippen LogP contribution in [0, 0.1) is 18.7 Å². The molecule has 0 saturated carbocycles. The first-order valence-corrected chi connectivity index (χ1v) is 14.5. The molecule has 1 aromatic carbocycles. The molecule has 3 aromatic heterocycles. The van der Waals surface area contributed by atoms with Gasteiger partial charge in [0.1, 0.15) is 17.9 Å². The molecule has 6 rings (SSSR count). The molecule has 0 bridgehead atoms. The molecule has 1 aliphatic carbocycles. The molecule has 3 unspecified atom stereocenters. The van der Waals surface area contributed by atoms with Gasteiger partial charge in [-0.3, -0.25) is 0 Å². The molecule has 10 heteroatoms. The van der Waals surface area contributed by atoms with E-state index in [0.717, 1.165) is 72.2 Å². The number of hydrogen-bond acceptors (Lipinski definition) is 6. The minimum absolute atomic E-state index is 0.00741. The Hall–Kier alpha value is -3.68. The Bertz CT molecular complexity index is 1650. The summed E-state index contributed by atoms with van der Waals surface area (Å²) in [6.45, 7) is 3.62. The van der Waals surface area contributed by atoms with Crippen LogP contribution < -0.4 is 10.0 Å². The largest absolute Gasteiger partial charge is 0.477 e. The average molecular weight is 575 g/mol. The van der Waals surface area contributed by atoms with Gasteiger partial charge in [0.25, 0.3) is 5.88 Å². The minimum Gasteiger partial charge on any atom is -0.477 e. The summed E-state index contributed by atoms with van der Waals surface area (Å²) in [5, 5.41) is 10.5. The summed E-state index contributed by atoms with van der Waals surface area (Å²) >= 11 is 0. The molecule has 4 aromatic rings. The number of rotatable bonds is 9. The highest BCUT2D eigenvalue weighted by Gasteiger charge is 2.25. The first kappa shape index (κ1) is 27.5. The van der Waals surface area contributed by atoms with Gasteiger partial charge in [-0.25, -0.2) is 24.1 Å². The van der Waals surface area contributed by atoms with Crippen molar-refractivity contribution in [3.05, 3.63) is 82.7 Å². The third-order valence-corrected chi connectivity index (χ3v) is 8.41. The lowest BCUT2D eigenvalue weighted by Crippen LogP contribution is -2.32. The average Bonchev–Trinajstić information content (AvgIpc) is 3.27. The van der Waals surface area contributed by atoms with E-state index < -0.39 is 11.8 Å². The van der Waals surface area contributed by atoms with Gasteiger partial charge in [-0.2, -0.15) is 0 Å². The van der Waals surface area contributed by atoms with Gasteiger partial charge in [0, 0.05) is 13.0 Å². The van der Waals surface area contributed by atoms with Gasteiger partial charge in [-0.1, -0.05) is 29.8 Å². The van der Waals surface area contributed by atoms with Crippen LogP contribution in [0.2, 0.25) is 0 Å².